The molecule has 5 heteroatoms. The summed E-state index contributed by atoms with van der Waals surface area (Å²) in [6, 6.07) is 5.01. The summed E-state index contributed by atoms with van der Waals surface area (Å²) in [4.78, 5) is 1.83. The molecular formula is C11H15Cl2NO2. The summed E-state index contributed by atoms with van der Waals surface area (Å²) < 4.78 is 0. The number of nitrogens with zero attached hydrogens (tertiary/aromatic N) is 1. The van der Waals surface area contributed by atoms with Gasteiger partial charge in [-0.05, 0) is 19.2 Å². The van der Waals surface area contributed by atoms with Crippen LogP contribution in [0.1, 0.15) is 11.7 Å². The van der Waals surface area contributed by atoms with Gasteiger partial charge in [-0.1, -0.05) is 29.3 Å². The Kier molecular flexibility index (Phi) is 5.52. The Labute approximate surface area is 105 Å². The Morgan fingerprint density at radius 1 is 1.38 bits per heavy atom. The van der Waals surface area contributed by atoms with E-state index in [4.69, 9.17) is 28.3 Å². The average molecular weight is 264 g/mol. The van der Waals surface area contributed by atoms with Crippen LogP contribution in [0, 0.1) is 0 Å². The van der Waals surface area contributed by atoms with Gasteiger partial charge in [-0.15, -0.1) is 0 Å². The van der Waals surface area contributed by atoms with E-state index in [2.05, 4.69) is 0 Å². The summed E-state index contributed by atoms with van der Waals surface area (Å²) in [6.07, 6.45) is -0.679. The smallest absolute Gasteiger partial charge is 0.0931 e. The normalized spacial score (nSPS) is 13.1. The van der Waals surface area contributed by atoms with Crippen LogP contribution >= 0.6 is 23.2 Å². The number of benzene rings is 1. The lowest BCUT2D eigenvalue weighted by molar-refractivity contribution is 0.115. The van der Waals surface area contributed by atoms with Crippen molar-refractivity contribution in [1.29, 1.82) is 0 Å². The predicted octanol–water partition coefficient (Wildman–Crippen LogP) is 1.95. The van der Waals surface area contributed by atoms with E-state index in [1.165, 1.54) is 0 Å². The molecule has 3 nitrogen and oxygen atoms in total. The van der Waals surface area contributed by atoms with E-state index < -0.39 is 6.10 Å². The molecule has 0 aliphatic carbocycles. The van der Waals surface area contributed by atoms with Crippen LogP contribution < -0.4 is 0 Å². The molecule has 0 aliphatic heterocycles. The molecule has 0 fully saturated rings. The second kappa shape index (κ2) is 6.42. The highest BCUT2D eigenvalue weighted by Crippen LogP contribution is 2.26. The first-order valence-electron chi connectivity index (χ1n) is 4.97. The molecule has 1 aromatic rings. The molecule has 2 N–H and O–H groups in total. The third-order valence-corrected chi connectivity index (χ3v) is 2.85. The molecule has 1 aromatic carbocycles. The first-order valence-corrected chi connectivity index (χ1v) is 5.72. The van der Waals surface area contributed by atoms with E-state index in [0.717, 1.165) is 0 Å². The van der Waals surface area contributed by atoms with Crippen molar-refractivity contribution in [3.63, 3.8) is 0 Å². The van der Waals surface area contributed by atoms with E-state index in [1.54, 1.807) is 18.2 Å². The quantitative estimate of drug-likeness (QED) is 0.854. The Bertz CT molecular complexity index is 347. The zero-order valence-corrected chi connectivity index (χ0v) is 10.5. The van der Waals surface area contributed by atoms with Crippen LogP contribution in [0.4, 0.5) is 0 Å². The number of hydrogen-bond donors (Lipinski definition) is 2. The van der Waals surface area contributed by atoms with Crippen LogP contribution in [0.15, 0.2) is 18.2 Å². The molecule has 90 valence electrons. The Morgan fingerprint density at radius 2 is 2.06 bits per heavy atom. The van der Waals surface area contributed by atoms with Crippen molar-refractivity contribution >= 4 is 23.2 Å². The third kappa shape index (κ3) is 3.92. The maximum atomic E-state index is 9.94. The van der Waals surface area contributed by atoms with E-state index in [0.29, 0.717) is 28.7 Å². The van der Waals surface area contributed by atoms with Gasteiger partial charge in [0.25, 0.3) is 0 Å². The molecule has 0 saturated heterocycles. The highest BCUT2D eigenvalue weighted by molar-refractivity contribution is 6.35. The van der Waals surface area contributed by atoms with Crippen molar-refractivity contribution in [3.05, 3.63) is 33.8 Å². The van der Waals surface area contributed by atoms with Crippen LogP contribution in [0.2, 0.25) is 10.0 Å². The molecule has 1 unspecified atom stereocenters. The Balaban J connectivity index is 2.69. The minimum absolute atomic E-state index is 0.0670. The maximum absolute atomic E-state index is 9.94. The molecule has 0 radical (unpaired) electrons. The Hall–Kier alpha value is -0.320. The molecule has 0 aliphatic rings. The highest BCUT2D eigenvalue weighted by atomic mass is 35.5. The van der Waals surface area contributed by atoms with Crippen molar-refractivity contribution in [3.8, 4) is 0 Å². The lowest BCUT2D eigenvalue weighted by Crippen LogP contribution is -2.27. The van der Waals surface area contributed by atoms with Gasteiger partial charge in [-0.3, -0.25) is 0 Å². The standard InChI is InChI=1S/C11H15Cl2NO2/c1-14(4-5-15)7-11(16)9-3-2-8(12)6-10(9)13/h2-3,6,11,15-16H,4-5,7H2,1H3. The first kappa shape index (κ1) is 13.7. The number of rotatable bonds is 5. The van der Waals surface area contributed by atoms with Gasteiger partial charge >= 0.3 is 0 Å². The number of likely N-dealkylation sites (N-methyl/N-ethyl adjacent to an activating group) is 1. The summed E-state index contributed by atoms with van der Waals surface area (Å²) in [5.74, 6) is 0. The van der Waals surface area contributed by atoms with Crippen molar-refractivity contribution < 1.29 is 10.2 Å². The van der Waals surface area contributed by atoms with E-state index in [-0.39, 0.29) is 6.61 Å². The van der Waals surface area contributed by atoms with Crippen LogP contribution in [0.25, 0.3) is 0 Å². The second-order valence-electron chi connectivity index (χ2n) is 3.67. The topological polar surface area (TPSA) is 43.7 Å². The van der Waals surface area contributed by atoms with Crippen molar-refractivity contribution in [2.75, 3.05) is 26.7 Å². The zero-order valence-electron chi connectivity index (χ0n) is 9.03. The van der Waals surface area contributed by atoms with Gasteiger partial charge < -0.3 is 15.1 Å². The summed E-state index contributed by atoms with van der Waals surface area (Å²) in [5, 5.41) is 19.7. The lowest BCUT2D eigenvalue weighted by Gasteiger charge is -2.20. The molecule has 0 bridgehead atoms. The molecule has 0 aromatic heterocycles. The Morgan fingerprint density at radius 3 is 2.62 bits per heavy atom. The van der Waals surface area contributed by atoms with Crippen LogP contribution in [0.5, 0.6) is 0 Å². The monoisotopic (exact) mass is 263 g/mol. The van der Waals surface area contributed by atoms with Crippen molar-refractivity contribution in [2.45, 2.75) is 6.10 Å². The van der Waals surface area contributed by atoms with E-state index >= 15 is 0 Å². The summed E-state index contributed by atoms with van der Waals surface area (Å²) in [6.45, 7) is 1.00. The largest absolute Gasteiger partial charge is 0.395 e. The lowest BCUT2D eigenvalue weighted by atomic mass is 10.1. The summed E-state index contributed by atoms with van der Waals surface area (Å²) in [7, 11) is 1.82. The fourth-order valence-corrected chi connectivity index (χ4v) is 1.96. The van der Waals surface area contributed by atoms with Crippen molar-refractivity contribution in [2.24, 2.45) is 0 Å². The first-order chi connectivity index (χ1) is 7.54. The maximum Gasteiger partial charge on any atom is 0.0931 e. The number of hydrogen-bond acceptors (Lipinski definition) is 3. The predicted molar refractivity (Wildman–Crippen MR) is 66.0 cm³/mol. The van der Waals surface area contributed by atoms with Crippen LogP contribution in [-0.2, 0) is 0 Å². The van der Waals surface area contributed by atoms with Gasteiger partial charge in [0.15, 0.2) is 0 Å². The van der Waals surface area contributed by atoms with Gasteiger partial charge in [-0.2, -0.15) is 0 Å². The minimum atomic E-state index is -0.679. The van der Waals surface area contributed by atoms with Crippen LogP contribution in [-0.4, -0.2) is 41.9 Å². The summed E-state index contributed by atoms with van der Waals surface area (Å²) in [5.41, 5.74) is 0.649. The van der Waals surface area contributed by atoms with Gasteiger partial charge in [0.2, 0.25) is 0 Å². The van der Waals surface area contributed by atoms with Gasteiger partial charge in [0.1, 0.15) is 0 Å². The second-order valence-corrected chi connectivity index (χ2v) is 4.51. The molecule has 16 heavy (non-hydrogen) atoms. The van der Waals surface area contributed by atoms with Crippen LogP contribution in [0.3, 0.4) is 0 Å². The fraction of sp³-hybridized carbons (Fsp3) is 0.455. The SMILES string of the molecule is CN(CCO)CC(O)c1ccc(Cl)cc1Cl. The molecule has 0 amide bonds. The van der Waals surface area contributed by atoms with E-state index in [1.807, 2.05) is 11.9 Å². The molecular weight excluding hydrogens is 249 g/mol. The third-order valence-electron chi connectivity index (χ3n) is 2.29. The molecule has 1 rings (SSSR count). The molecule has 1 atom stereocenters. The molecule has 0 heterocycles. The van der Waals surface area contributed by atoms with E-state index in [9.17, 15) is 5.11 Å². The molecule has 0 saturated carbocycles. The van der Waals surface area contributed by atoms with Crippen molar-refractivity contribution in [1.82, 2.24) is 4.90 Å². The number of halogens is 2. The number of aliphatic hydroxyl groups is 2. The average Bonchev–Trinajstić information content (AvgIpc) is 2.17. The molecule has 0 spiro atoms. The highest BCUT2D eigenvalue weighted by Gasteiger charge is 2.13. The number of aliphatic hydroxyl groups excluding tert-OH is 2. The zero-order chi connectivity index (χ0) is 12.1. The minimum Gasteiger partial charge on any atom is -0.395 e. The van der Waals surface area contributed by atoms with Gasteiger partial charge in [0.05, 0.1) is 12.7 Å². The van der Waals surface area contributed by atoms with Gasteiger partial charge in [0, 0.05) is 28.7 Å². The fourth-order valence-electron chi connectivity index (χ4n) is 1.43. The van der Waals surface area contributed by atoms with Gasteiger partial charge in [-0.25, -0.2) is 0 Å². The summed E-state index contributed by atoms with van der Waals surface area (Å²) >= 11 is 11.7.